The Morgan fingerprint density at radius 3 is 2.05 bits per heavy atom. The van der Waals surface area contributed by atoms with E-state index in [0.29, 0.717) is 6.54 Å². The van der Waals surface area contributed by atoms with E-state index in [1.807, 2.05) is 6.07 Å². The van der Waals surface area contributed by atoms with Crippen molar-refractivity contribution < 1.29 is 6.15 Å². The van der Waals surface area contributed by atoms with Crippen LogP contribution >= 0.6 is 0 Å². The monoisotopic (exact) mass is 373 g/mol. The van der Waals surface area contributed by atoms with Crippen LogP contribution in [0.15, 0.2) is 24.3 Å². The molecule has 0 bridgehead atoms. The molecule has 0 spiro atoms. The Hall–Kier alpha value is -0.101. The molecule has 0 heterocycles. The van der Waals surface area contributed by atoms with Crippen LogP contribution in [-0.4, -0.2) is 32.4 Å². The van der Waals surface area contributed by atoms with E-state index in [9.17, 15) is 0 Å². The van der Waals surface area contributed by atoms with Gasteiger partial charge in [0, 0.05) is 0 Å². The summed E-state index contributed by atoms with van der Waals surface area (Å²) in [5.41, 5.74) is 7.07. The minimum absolute atomic E-state index is 0.555. The van der Waals surface area contributed by atoms with Gasteiger partial charge in [-0.15, -0.1) is 0 Å². The number of nitrogens with two attached hydrogens (primary N) is 1. The van der Waals surface area contributed by atoms with E-state index in [2.05, 4.69) is 39.0 Å². The van der Waals surface area contributed by atoms with Crippen molar-refractivity contribution in [1.82, 2.24) is 0 Å². The molecule has 0 saturated heterocycles. The van der Waals surface area contributed by atoms with Crippen molar-refractivity contribution in [2.45, 2.75) is 44.6 Å². The van der Waals surface area contributed by atoms with Crippen LogP contribution in [0.1, 0.15) is 39.2 Å². The van der Waals surface area contributed by atoms with Gasteiger partial charge >= 0.3 is 122 Å². The molecule has 3 nitrogen and oxygen atoms in total. The molecule has 0 radical (unpaired) electrons. The summed E-state index contributed by atoms with van der Waals surface area (Å²) in [6.45, 7) is 8.59. The molecule has 0 unspecified atom stereocenters. The van der Waals surface area contributed by atoms with Gasteiger partial charge in [0.2, 0.25) is 0 Å². The van der Waals surface area contributed by atoms with Gasteiger partial charge in [0.25, 0.3) is 0 Å². The van der Waals surface area contributed by atoms with Gasteiger partial charge < -0.3 is 0 Å². The van der Waals surface area contributed by atoms with Gasteiger partial charge in [-0.2, -0.15) is 0 Å². The summed E-state index contributed by atoms with van der Waals surface area (Å²) in [5, 5.41) is 0. The predicted molar refractivity (Wildman–Crippen MR) is 82.7 cm³/mol. The Kier molecular flexibility index (Phi) is 7.98. The summed E-state index contributed by atoms with van der Waals surface area (Å²) >= 11 is -3.19. The first-order chi connectivity index (χ1) is 9.24. The molecule has 19 heavy (non-hydrogen) atoms. The molecule has 1 rings (SSSR count). The summed E-state index contributed by atoms with van der Waals surface area (Å²) in [6, 6.07) is 8.37. The van der Waals surface area contributed by atoms with Crippen molar-refractivity contribution in [1.29, 1.82) is 0 Å². The maximum absolute atomic E-state index is 6.29. The van der Waals surface area contributed by atoms with Crippen molar-refractivity contribution in [2.75, 3.05) is 13.2 Å². The van der Waals surface area contributed by atoms with Crippen LogP contribution in [0.2, 0.25) is 4.44 Å². The third-order valence-corrected chi connectivity index (χ3v) is 13.4. The van der Waals surface area contributed by atoms with E-state index in [-0.39, 0.29) is 0 Å². The molecule has 1 aromatic carbocycles. The van der Waals surface area contributed by atoms with Gasteiger partial charge in [-0.25, -0.2) is 0 Å². The van der Waals surface area contributed by atoms with Crippen LogP contribution < -0.4 is 9.31 Å². The second-order valence-electron chi connectivity index (χ2n) is 4.66. The summed E-state index contributed by atoms with van der Waals surface area (Å²) < 4.78 is 14.9. The van der Waals surface area contributed by atoms with Crippen molar-refractivity contribution in [3.8, 4) is 0 Å². The zero-order chi connectivity index (χ0) is 14.1. The van der Waals surface area contributed by atoms with Crippen LogP contribution in [0, 0.1) is 0 Å². The molecule has 0 amide bonds. The molecule has 2 N–H and O–H groups in total. The molecule has 0 aliphatic carbocycles. The molecule has 0 aliphatic rings. The molecule has 0 fully saturated rings. The van der Waals surface area contributed by atoms with Crippen LogP contribution in [0.5, 0.6) is 0 Å². The standard InChI is InChI=1S/C7H8N.2C3H7O.C2H5.Sn/c8-6-7-4-2-1-3-5-7;2*1-2-3-4;1-2;/h1-4H,6,8H2;2*2-3H2,1H3;1H2,2H3;/q;2*-1;;+2. The van der Waals surface area contributed by atoms with E-state index in [4.69, 9.17) is 11.9 Å². The zero-order valence-electron chi connectivity index (χ0n) is 12.4. The second-order valence-corrected chi connectivity index (χ2v) is 14.2. The number of hydrogen-bond acceptors (Lipinski definition) is 3. The van der Waals surface area contributed by atoms with Crippen LogP contribution in [0.3, 0.4) is 0 Å². The Morgan fingerprint density at radius 1 is 1.00 bits per heavy atom. The van der Waals surface area contributed by atoms with Crippen LogP contribution in [0.25, 0.3) is 0 Å². The maximum atomic E-state index is 6.29. The van der Waals surface area contributed by atoms with Crippen molar-refractivity contribution in [3.05, 3.63) is 29.8 Å². The fraction of sp³-hybridized carbons (Fsp3) is 0.600. The molecule has 108 valence electrons. The molecule has 0 atom stereocenters. The van der Waals surface area contributed by atoms with E-state index in [1.165, 1.54) is 9.14 Å². The number of hydrogen-bond donors (Lipinski definition) is 1. The van der Waals surface area contributed by atoms with Crippen molar-refractivity contribution in [3.63, 3.8) is 0 Å². The Bertz CT molecular complexity index is 363. The topological polar surface area (TPSA) is 44.5 Å². The molecule has 0 aromatic heterocycles. The van der Waals surface area contributed by atoms with Gasteiger partial charge in [0.1, 0.15) is 0 Å². The molecule has 0 saturated carbocycles. The fourth-order valence-corrected chi connectivity index (χ4v) is 11.5. The van der Waals surface area contributed by atoms with Crippen molar-refractivity contribution >= 4 is 22.8 Å². The summed E-state index contributed by atoms with van der Waals surface area (Å²) in [7, 11) is 0. The third kappa shape index (κ3) is 4.45. The van der Waals surface area contributed by atoms with Gasteiger partial charge in [-0.05, 0) is 0 Å². The minimum atomic E-state index is -3.19. The number of rotatable bonds is 9. The van der Waals surface area contributed by atoms with Crippen molar-refractivity contribution in [2.24, 2.45) is 5.73 Å². The van der Waals surface area contributed by atoms with Gasteiger partial charge in [0.15, 0.2) is 0 Å². The SMILES string of the molecule is CCC[O][Sn]([CH2]C)([O]CCC)[c]1ccccc1CN. The van der Waals surface area contributed by atoms with Crippen LogP contribution in [0.4, 0.5) is 0 Å². The average molecular weight is 372 g/mol. The van der Waals surface area contributed by atoms with E-state index in [0.717, 1.165) is 30.5 Å². The first-order valence-corrected chi connectivity index (χ1v) is 13.1. The quantitative estimate of drug-likeness (QED) is 0.678. The normalized spacial score (nSPS) is 11.8. The average Bonchev–Trinajstić information content (AvgIpc) is 2.48. The fourth-order valence-electron chi connectivity index (χ4n) is 2.20. The summed E-state index contributed by atoms with van der Waals surface area (Å²) in [4.78, 5) is 0. The van der Waals surface area contributed by atoms with Gasteiger partial charge in [-0.1, -0.05) is 0 Å². The van der Waals surface area contributed by atoms with E-state index < -0.39 is 19.2 Å². The molecule has 1 aromatic rings. The van der Waals surface area contributed by atoms with Gasteiger partial charge in [-0.3, -0.25) is 0 Å². The Labute approximate surface area is 122 Å². The summed E-state index contributed by atoms with van der Waals surface area (Å²) in [5.74, 6) is 0. The first-order valence-electron chi connectivity index (χ1n) is 7.30. The van der Waals surface area contributed by atoms with Gasteiger partial charge in [0.05, 0.1) is 0 Å². The number of benzene rings is 1. The molecular weight excluding hydrogens is 345 g/mol. The molecular formula is C15H27NO2Sn. The Morgan fingerprint density at radius 2 is 1.58 bits per heavy atom. The molecule has 0 aliphatic heterocycles. The van der Waals surface area contributed by atoms with E-state index in [1.54, 1.807) is 0 Å². The van der Waals surface area contributed by atoms with Crippen LogP contribution in [-0.2, 0) is 12.7 Å². The first kappa shape index (κ1) is 17.0. The van der Waals surface area contributed by atoms with E-state index >= 15 is 0 Å². The second kappa shape index (κ2) is 8.95. The zero-order valence-corrected chi connectivity index (χ0v) is 15.3. The molecule has 4 heteroatoms. The predicted octanol–water partition coefficient (Wildman–Crippen LogP) is 2.67. The Balaban J connectivity index is 3.11. The third-order valence-electron chi connectivity index (χ3n) is 3.19. The summed E-state index contributed by atoms with van der Waals surface area (Å²) in [6.07, 6.45) is 2.05.